The maximum atomic E-state index is 12.3. The number of nitrogens with one attached hydrogen (secondary N) is 1. The third kappa shape index (κ3) is 3.67. The molecule has 0 atom stereocenters. The number of hydrogen-bond acceptors (Lipinski definition) is 2. The quantitative estimate of drug-likeness (QED) is 0.863. The van der Waals surface area contributed by atoms with Gasteiger partial charge in [0.25, 0.3) is 6.43 Å². The Bertz CT molecular complexity index is 569. The van der Waals surface area contributed by atoms with E-state index in [9.17, 15) is 8.78 Å². The fourth-order valence-electron chi connectivity index (χ4n) is 2.09. The lowest BCUT2D eigenvalue weighted by Crippen LogP contribution is -2.22. The van der Waals surface area contributed by atoms with Crippen molar-refractivity contribution in [2.45, 2.75) is 32.9 Å². The standard InChI is InChI=1S/C16H19F2NO/c1-11(2)19-9-14-13-6-4-3-5-12(13)7-8-15(14)20-10-16(17)18/h3-8,11,16,19H,9-10H2,1-2H3. The summed E-state index contributed by atoms with van der Waals surface area (Å²) in [7, 11) is 0. The summed E-state index contributed by atoms with van der Waals surface area (Å²) in [6.07, 6.45) is -2.47. The van der Waals surface area contributed by atoms with E-state index in [2.05, 4.69) is 5.32 Å². The van der Waals surface area contributed by atoms with Gasteiger partial charge < -0.3 is 10.1 Å². The molecule has 2 nitrogen and oxygen atoms in total. The van der Waals surface area contributed by atoms with Gasteiger partial charge in [-0.05, 0) is 16.8 Å². The van der Waals surface area contributed by atoms with E-state index in [4.69, 9.17) is 4.74 Å². The molecule has 0 aliphatic rings. The van der Waals surface area contributed by atoms with E-state index in [-0.39, 0.29) is 0 Å². The lowest BCUT2D eigenvalue weighted by atomic mass is 10.0. The Morgan fingerprint density at radius 2 is 1.85 bits per heavy atom. The molecular formula is C16H19F2NO. The van der Waals surface area contributed by atoms with Crippen LogP contribution in [0.4, 0.5) is 8.78 Å². The maximum Gasteiger partial charge on any atom is 0.272 e. The second-order valence-electron chi connectivity index (χ2n) is 5.00. The van der Waals surface area contributed by atoms with E-state index in [1.165, 1.54) is 0 Å². The van der Waals surface area contributed by atoms with Gasteiger partial charge in [0.1, 0.15) is 12.4 Å². The van der Waals surface area contributed by atoms with Crippen LogP contribution in [0.5, 0.6) is 5.75 Å². The summed E-state index contributed by atoms with van der Waals surface area (Å²) in [6, 6.07) is 11.9. The fourth-order valence-corrected chi connectivity index (χ4v) is 2.09. The molecule has 0 saturated carbocycles. The molecule has 0 spiro atoms. The van der Waals surface area contributed by atoms with Crippen molar-refractivity contribution < 1.29 is 13.5 Å². The van der Waals surface area contributed by atoms with Crippen molar-refractivity contribution in [2.24, 2.45) is 0 Å². The Balaban J connectivity index is 2.36. The van der Waals surface area contributed by atoms with Crippen molar-refractivity contribution in [3.8, 4) is 5.75 Å². The molecule has 4 heteroatoms. The predicted octanol–water partition coefficient (Wildman–Crippen LogP) is 3.98. The SMILES string of the molecule is CC(C)NCc1c(OCC(F)F)ccc2ccccc12. The van der Waals surface area contributed by atoms with Crippen LogP contribution in [0, 0.1) is 0 Å². The Morgan fingerprint density at radius 1 is 1.10 bits per heavy atom. The largest absolute Gasteiger partial charge is 0.487 e. The molecule has 0 aromatic heterocycles. The van der Waals surface area contributed by atoms with Gasteiger partial charge >= 0.3 is 0 Å². The number of hydrogen-bond donors (Lipinski definition) is 1. The number of benzene rings is 2. The second-order valence-corrected chi connectivity index (χ2v) is 5.00. The molecular weight excluding hydrogens is 260 g/mol. The molecule has 2 rings (SSSR count). The third-order valence-corrected chi connectivity index (χ3v) is 3.05. The predicted molar refractivity (Wildman–Crippen MR) is 77.4 cm³/mol. The minimum absolute atomic E-state index is 0.317. The smallest absolute Gasteiger partial charge is 0.272 e. The van der Waals surface area contributed by atoms with E-state index in [0.29, 0.717) is 18.3 Å². The first kappa shape index (κ1) is 14.7. The molecule has 0 fully saturated rings. The second kappa shape index (κ2) is 6.66. The Morgan fingerprint density at radius 3 is 2.55 bits per heavy atom. The average molecular weight is 279 g/mol. The van der Waals surface area contributed by atoms with E-state index in [1.807, 2.05) is 44.2 Å². The van der Waals surface area contributed by atoms with Gasteiger partial charge in [-0.3, -0.25) is 0 Å². The topological polar surface area (TPSA) is 21.3 Å². The van der Waals surface area contributed by atoms with Gasteiger partial charge in [0.05, 0.1) is 0 Å². The van der Waals surface area contributed by atoms with Crippen molar-refractivity contribution in [3.63, 3.8) is 0 Å². The van der Waals surface area contributed by atoms with Crippen molar-refractivity contribution in [3.05, 3.63) is 42.0 Å². The van der Waals surface area contributed by atoms with Crippen LogP contribution in [-0.2, 0) is 6.54 Å². The normalized spacial score (nSPS) is 11.5. The molecule has 0 amide bonds. The van der Waals surface area contributed by atoms with Gasteiger partial charge in [0.15, 0.2) is 0 Å². The number of alkyl halides is 2. The number of rotatable bonds is 6. The van der Waals surface area contributed by atoms with Crippen LogP contribution in [0.25, 0.3) is 10.8 Å². The maximum absolute atomic E-state index is 12.3. The molecule has 0 heterocycles. The molecule has 2 aromatic rings. The lowest BCUT2D eigenvalue weighted by Gasteiger charge is -2.16. The first-order valence-electron chi connectivity index (χ1n) is 6.73. The van der Waals surface area contributed by atoms with E-state index in [0.717, 1.165) is 16.3 Å². The zero-order valence-electron chi connectivity index (χ0n) is 11.7. The van der Waals surface area contributed by atoms with Gasteiger partial charge in [-0.1, -0.05) is 44.2 Å². The summed E-state index contributed by atoms with van der Waals surface area (Å²) in [4.78, 5) is 0. The fraction of sp³-hybridized carbons (Fsp3) is 0.375. The first-order chi connectivity index (χ1) is 9.58. The van der Waals surface area contributed by atoms with Gasteiger partial charge in [-0.2, -0.15) is 0 Å². The summed E-state index contributed by atoms with van der Waals surface area (Å²) in [5.74, 6) is 0.525. The molecule has 0 radical (unpaired) electrons. The number of halogens is 2. The van der Waals surface area contributed by atoms with Crippen molar-refractivity contribution >= 4 is 10.8 Å². The molecule has 108 valence electrons. The van der Waals surface area contributed by atoms with Crippen molar-refractivity contribution in [1.82, 2.24) is 5.32 Å². The molecule has 2 aromatic carbocycles. The van der Waals surface area contributed by atoms with Gasteiger partial charge in [0, 0.05) is 18.2 Å². The van der Waals surface area contributed by atoms with Crippen LogP contribution in [-0.4, -0.2) is 19.1 Å². The third-order valence-electron chi connectivity index (χ3n) is 3.05. The average Bonchev–Trinajstić information content (AvgIpc) is 2.42. The Kier molecular flexibility index (Phi) is 4.90. The molecule has 0 bridgehead atoms. The van der Waals surface area contributed by atoms with Crippen molar-refractivity contribution in [2.75, 3.05) is 6.61 Å². The van der Waals surface area contributed by atoms with Gasteiger partial charge in [-0.25, -0.2) is 8.78 Å². The molecule has 20 heavy (non-hydrogen) atoms. The highest BCUT2D eigenvalue weighted by Gasteiger charge is 2.11. The number of fused-ring (bicyclic) bond motifs is 1. The zero-order valence-corrected chi connectivity index (χ0v) is 11.7. The number of ether oxygens (including phenoxy) is 1. The van der Waals surface area contributed by atoms with Gasteiger partial charge in [-0.15, -0.1) is 0 Å². The molecule has 1 N–H and O–H groups in total. The highest BCUT2D eigenvalue weighted by Crippen LogP contribution is 2.28. The minimum Gasteiger partial charge on any atom is -0.487 e. The lowest BCUT2D eigenvalue weighted by molar-refractivity contribution is 0.0814. The highest BCUT2D eigenvalue weighted by molar-refractivity contribution is 5.87. The summed E-state index contributed by atoms with van der Waals surface area (Å²) in [6.45, 7) is 4.11. The van der Waals surface area contributed by atoms with Crippen LogP contribution < -0.4 is 10.1 Å². The summed E-state index contributed by atoms with van der Waals surface area (Å²) < 4.78 is 29.9. The van der Waals surface area contributed by atoms with Crippen molar-refractivity contribution in [1.29, 1.82) is 0 Å². The van der Waals surface area contributed by atoms with Crippen LogP contribution in [0.2, 0.25) is 0 Å². The van der Waals surface area contributed by atoms with Gasteiger partial charge in [0.2, 0.25) is 0 Å². The van der Waals surface area contributed by atoms with E-state index >= 15 is 0 Å². The van der Waals surface area contributed by atoms with E-state index in [1.54, 1.807) is 6.07 Å². The van der Waals surface area contributed by atoms with Crippen LogP contribution in [0.15, 0.2) is 36.4 Å². The summed E-state index contributed by atoms with van der Waals surface area (Å²) in [5, 5.41) is 5.43. The molecule has 0 saturated heterocycles. The molecule has 0 unspecified atom stereocenters. The summed E-state index contributed by atoms with van der Waals surface area (Å²) >= 11 is 0. The Hall–Kier alpha value is -1.68. The minimum atomic E-state index is -2.47. The highest BCUT2D eigenvalue weighted by atomic mass is 19.3. The monoisotopic (exact) mass is 279 g/mol. The molecule has 0 aliphatic carbocycles. The van der Waals surface area contributed by atoms with Crippen LogP contribution >= 0.6 is 0 Å². The van der Waals surface area contributed by atoms with Crippen LogP contribution in [0.1, 0.15) is 19.4 Å². The van der Waals surface area contributed by atoms with E-state index < -0.39 is 13.0 Å². The zero-order chi connectivity index (χ0) is 14.5. The first-order valence-corrected chi connectivity index (χ1v) is 6.73. The van der Waals surface area contributed by atoms with Crippen LogP contribution in [0.3, 0.4) is 0 Å². The Labute approximate surface area is 117 Å². The summed E-state index contributed by atoms with van der Waals surface area (Å²) in [5.41, 5.74) is 0.928. The molecule has 0 aliphatic heterocycles.